The highest BCUT2D eigenvalue weighted by molar-refractivity contribution is 7.32. The summed E-state index contributed by atoms with van der Waals surface area (Å²) >= 11 is 0. The third-order valence-corrected chi connectivity index (χ3v) is 2.37. The zero-order valence-electron chi connectivity index (χ0n) is 6.71. The van der Waals surface area contributed by atoms with Crippen LogP contribution in [0.4, 0.5) is 0 Å². The SMILES string of the molecule is CCCPOc1ccccc1. The van der Waals surface area contributed by atoms with Crippen molar-refractivity contribution < 1.29 is 4.52 Å². The number of rotatable bonds is 4. The zero-order chi connectivity index (χ0) is 7.94. The molecule has 0 aliphatic rings. The van der Waals surface area contributed by atoms with E-state index in [1.807, 2.05) is 30.3 Å². The van der Waals surface area contributed by atoms with Crippen LogP contribution in [0.15, 0.2) is 30.3 Å². The quantitative estimate of drug-likeness (QED) is 0.496. The van der Waals surface area contributed by atoms with Gasteiger partial charge in [0.05, 0.1) is 8.81 Å². The van der Waals surface area contributed by atoms with Gasteiger partial charge >= 0.3 is 0 Å². The van der Waals surface area contributed by atoms with Crippen LogP contribution in [0.2, 0.25) is 0 Å². The second kappa shape index (κ2) is 5.15. The molecule has 1 aromatic carbocycles. The fraction of sp³-hybridized carbons (Fsp3) is 0.333. The highest BCUT2D eigenvalue weighted by Crippen LogP contribution is 2.19. The largest absolute Gasteiger partial charge is 0.477 e. The average molecular weight is 168 g/mol. The van der Waals surface area contributed by atoms with Crippen LogP contribution >= 0.6 is 8.81 Å². The second-order valence-electron chi connectivity index (χ2n) is 2.31. The first-order valence-corrected chi connectivity index (χ1v) is 4.99. The highest BCUT2D eigenvalue weighted by Gasteiger charge is 1.88. The predicted molar refractivity (Wildman–Crippen MR) is 50.5 cm³/mol. The topological polar surface area (TPSA) is 9.23 Å². The third kappa shape index (κ3) is 3.38. The van der Waals surface area contributed by atoms with Crippen LogP contribution in [-0.2, 0) is 0 Å². The van der Waals surface area contributed by atoms with E-state index in [-0.39, 0.29) is 0 Å². The maximum atomic E-state index is 5.47. The van der Waals surface area contributed by atoms with Crippen LogP contribution in [0.25, 0.3) is 0 Å². The smallest absolute Gasteiger partial charge is 0.122 e. The first kappa shape index (κ1) is 8.55. The molecular formula is C9H13OP. The van der Waals surface area contributed by atoms with Crippen molar-refractivity contribution in [3.05, 3.63) is 30.3 Å². The van der Waals surface area contributed by atoms with Gasteiger partial charge in [0.1, 0.15) is 5.75 Å². The molecular weight excluding hydrogens is 155 g/mol. The maximum absolute atomic E-state index is 5.47. The van der Waals surface area contributed by atoms with Crippen molar-refractivity contribution in [3.63, 3.8) is 0 Å². The summed E-state index contributed by atoms with van der Waals surface area (Å²) in [5, 5.41) is 0. The minimum absolute atomic E-state index is 0.610. The van der Waals surface area contributed by atoms with Crippen molar-refractivity contribution in [1.29, 1.82) is 0 Å². The van der Waals surface area contributed by atoms with Gasteiger partial charge in [0.25, 0.3) is 0 Å². The lowest BCUT2D eigenvalue weighted by Gasteiger charge is -2.02. The lowest BCUT2D eigenvalue weighted by molar-refractivity contribution is 0.629. The van der Waals surface area contributed by atoms with Crippen LogP contribution < -0.4 is 4.52 Å². The van der Waals surface area contributed by atoms with Gasteiger partial charge in [-0.3, -0.25) is 0 Å². The van der Waals surface area contributed by atoms with E-state index >= 15 is 0 Å². The minimum atomic E-state index is 0.610. The Balaban J connectivity index is 2.28. The molecule has 1 rings (SSSR count). The zero-order valence-corrected chi connectivity index (χ0v) is 7.71. The van der Waals surface area contributed by atoms with Crippen molar-refractivity contribution in [2.24, 2.45) is 0 Å². The normalized spacial score (nSPS) is 10.6. The highest BCUT2D eigenvalue weighted by atomic mass is 31.1. The molecule has 0 spiro atoms. The van der Waals surface area contributed by atoms with Crippen LogP contribution in [0.3, 0.4) is 0 Å². The fourth-order valence-electron chi connectivity index (χ4n) is 0.725. The van der Waals surface area contributed by atoms with Gasteiger partial charge in [0.2, 0.25) is 0 Å². The second-order valence-corrected chi connectivity index (χ2v) is 3.30. The molecule has 1 aromatic rings. The molecule has 0 aliphatic carbocycles. The first-order chi connectivity index (χ1) is 5.43. The molecule has 0 amide bonds. The van der Waals surface area contributed by atoms with Gasteiger partial charge in [-0.15, -0.1) is 0 Å². The Kier molecular flexibility index (Phi) is 4.00. The van der Waals surface area contributed by atoms with E-state index in [1.54, 1.807) is 0 Å². The molecule has 1 atom stereocenters. The number of hydrogen-bond acceptors (Lipinski definition) is 1. The van der Waals surface area contributed by atoms with Gasteiger partial charge in [-0.1, -0.05) is 25.1 Å². The van der Waals surface area contributed by atoms with Crippen LogP contribution in [-0.4, -0.2) is 6.16 Å². The summed E-state index contributed by atoms with van der Waals surface area (Å²) in [6.07, 6.45) is 2.36. The van der Waals surface area contributed by atoms with Crippen molar-refractivity contribution >= 4 is 8.81 Å². The third-order valence-electron chi connectivity index (χ3n) is 1.29. The molecule has 0 fully saturated rings. The van der Waals surface area contributed by atoms with Crippen molar-refractivity contribution in [3.8, 4) is 5.75 Å². The van der Waals surface area contributed by atoms with Gasteiger partial charge in [0, 0.05) is 6.16 Å². The maximum Gasteiger partial charge on any atom is 0.122 e. The molecule has 0 N–H and O–H groups in total. The lowest BCUT2D eigenvalue weighted by atomic mass is 10.3. The molecule has 2 heteroatoms. The van der Waals surface area contributed by atoms with E-state index in [1.165, 1.54) is 6.42 Å². The summed E-state index contributed by atoms with van der Waals surface area (Å²) in [4.78, 5) is 0. The lowest BCUT2D eigenvalue weighted by Crippen LogP contribution is -1.79. The summed E-state index contributed by atoms with van der Waals surface area (Å²) in [7, 11) is 0.610. The van der Waals surface area contributed by atoms with Gasteiger partial charge in [-0.25, -0.2) is 0 Å². The molecule has 1 nitrogen and oxygen atoms in total. The summed E-state index contributed by atoms with van der Waals surface area (Å²) < 4.78 is 5.47. The Bertz CT molecular complexity index is 186. The first-order valence-electron chi connectivity index (χ1n) is 3.88. The van der Waals surface area contributed by atoms with Gasteiger partial charge < -0.3 is 4.52 Å². The Labute approximate surface area is 69.6 Å². The van der Waals surface area contributed by atoms with E-state index in [2.05, 4.69) is 6.92 Å². The summed E-state index contributed by atoms with van der Waals surface area (Å²) in [6, 6.07) is 9.96. The van der Waals surface area contributed by atoms with E-state index in [0.717, 1.165) is 11.9 Å². The molecule has 0 aromatic heterocycles. The molecule has 0 aliphatic heterocycles. The predicted octanol–water partition coefficient (Wildman–Crippen LogP) is 3.07. The Morgan fingerprint density at radius 1 is 1.27 bits per heavy atom. The van der Waals surface area contributed by atoms with Crippen molar-refractivity contribution in [1.82, 2.24) is 0 Å². The Hall–Kier alpha value is -0.550. The summed E-state index contributed by atoms with van der Waals surface area (Å²) in [6.45, 7) is 2.17. The van der Waals surface area contributed by atoms with Crippen molar-refractivity contribution in [2.75, 3.05) is 6.16 Å². The van der Waals surface area contributed by atoms with Gasteiger partial charge in [0.15, 0.2) is 0 Å². The van der Waals surface area contributed by atoms with Gasteiger partial charge in [-0.05, 0) is 18.6 Å². The average Bonchev–Trinajstić information content (AvgIpc) is 2.07. The van der Waals surface area contributed by atoms with E-state index in [0.29, 0.717) is 8.81 Å². The number of hydrogen-bond donors (Lipinski definition) is 0. The Morgan fingerprint density at radius 3 is 2.64 bits per heavy atom. The number of benzene rings is 1. The molecule has 0 heterocycles. The van der Waals surface area contributed by atoms with E-state index < -0.39 is 0 Å². The van der Waals surface area contributed by atoms with Crippen LogP contribution in [0.5, 0.6) is 5.75 Å². The molecule has 0 radical (unpaired) electrons. The van der Waals surface area contributed by atoms with Crippen LogP contribution in [0, 0.1) is 0 Å². The standard InChI is InChI=1S/C9H13OP/c1-2-8-11-10-9-6-4-3-5-7-9/h3-7,11H,2,8H2,1H3. The van der Waals surface area contributed by atoms with Gasteiger partial charge in [-0.2, -0.15) is 0 Å². The van der Waals surface area contributed by atoms with E-state index in [9.17, 15) is 0 Å². The molecule has 0 saturated heterocycles. The minimum Gasteiger partial charge on any atom is -0.477 e. The van der Waals surface area contributed by atoms with Crippen molar-refractivity contribution in [2.45, 2.75) is 13.3 Å². The number of para-hydroxylation sites is 1. The van der Waals surface area contributed by atoms with E-state index in [4.69, 9.17) is 4.52 Å². The summed E-state index contributed by atoms with van der Waals surface area (Å²) in [5.74, 6) is 0.985. The molecule has 0 bridgehead atoms. The van der Waals surface area contributed by atoms with Crippen LogP contribution in [0.1, 0.15) is 13.3 Å². The Morgan fingerprint density at radius 2 is 2.00 bits per heavy atom. The molecule has 60 valence electrons. The summed E-state index contributed by atoms with van der Waals surface area (Å²) in [5.41, 5.74) is 0. The molecule has 11 heavy (non-hydrogen) atoms. The fourth-order valence-corrected chi connectivity index (χ4v) is 1.33. The monoisotopic (exact) mass is 168 g/mol. The molecule has 0 saturated carbocycles. The molecule has 1 unspecified atom stereocenters.